The minimum atomic E-state index is -3.54. The lowest BCUT2D eigenvalue weighted by molar-refractivity contribution is -0.134. The lowest BCUT2D eigenvalue weighted by atomic mass is 10.0. The molecule has 6 nitrogen and oxygen atoms in total. The summed E-state index contributed by atoms with van der Waals surface area (Å²) in [5.41, 5.74) is 7.57. The number of hydrogen-bond acceptors (Lipinski definition) is 4. The van der Waals surface area contributed by atoms with Crippen LogP contribution in [0.1, 0.15) is 25.0 Å². The van der Waals surface area contributed by atoms with Crippen molar-refractivity contribution in [1.29, 1.82) is 0 Å². The Balaban J connectivity index is 2.11. The molecule has 1 heterocycles. The molecule has 1 amide bonds. The first-order chi connectivity index (χ1) is 11.1. The fourth-order valence-corrected chi connectivity index (χ4v) is 4.50. The van der Waals surface area contributed by atoms with Gasteiger partial charge in [-0.1, -0.05) is 26.0 Å². The van der Waals surface area contributed by atoms with Crippen LogP contribution >= 0.6 is 0 Å². The number of nitrogens with two attached hydrogens (primary N) is 1. The van der Waals surface area contributed by atoms with Crippen LogP contribution < -0.4 is 5.73 Å². The number of carbonyl (C=O) groups is 1. The summed E-state index contributed by atoms with van der Waals surface area (Å²) in [7, 11) is -3.54. The van der Waals surface area contributed by atoms with Crippen molar-refractivity contribution in [2.45, 2.75) is 38.6 Å². The predicted octanol–water partition coefficient (Wildman–Crippen LogP) is 1.12. The Morgan fingerprint density at radius 3 is 2.25 bits per heavy atom. The molecule has 1 aromatic carbocycles. The second-order valence-electron chi connectivity index (χ2n) is 6.77. The monoisotopic (exact) mass is 353 g/mol. The van der Waals surface area contributed by atoms with E-state index < -0.39 is 16.1 Å². The molecule has 0 aliphatic carbocycles. The SMILES string of the molecule is Cc1ccc(C)c(S(=O)(=O)N2CCN(C(=O)[C@@H](N)C(C)C)CC2)c1. The molecule has 134 valence electrons. The van der Waals surface area contributed by atoms with Crippen molar-refractivity contribution < 1.29 is 13.2 Å². The van der Waals surface area contributed by atoms with Gasteiger partial charge in [-0.25, -0.2) is 8.42 Å². The number of nitrogens with zero attached hydrogens (tertiary/aromatic N) is 2. The van der Waals surface area contributed by atoms with Crippen LogP contribution in [-0.4, -0.2) is 55.8 Å². The molecule has 0 unspecified atom stereocenters. The predicted molar refractivity (Wildman–Crippen MR) is 94.1 cm³/mol. The van der Waals surface area contributed by atoms with Crippen molar-refractivity contribution in [1.82, 2.24) is 9.21 Å². The minimum absolute atomic E-state index is 0.0641. The van der Waals surface area contributed by atoms with Crippen LogP contribution in [0.3, 0.4) is 0 Å². The normalized spacial score (nSPS) is 18.0. The topological polar surface area (TPSA) is 83.7 Å². The van der Waals surface area contributed by atoms with E-state index in [1.165, 1.54) is 4.31 Å². The van der Waals surface area contributed by atoms with Gasteiger partial charge in [-0.15, -0.1) is 0 Å². The van der Waals surface area contributed by atoms with Crippen LogP contribution in [-0.2, 0) is 14.8 Å². The van der Waals surface area contributed by atoms with Crippen LogP contribution in [0.5, 0.6) is 0 Å². The van der Waals surface area contributed by atoms with Gasteiger partial charge in [-0.2, -0.15) is 4.31 Å². The van der Waals surface area contributed by atoms with Crippen LogP contribution in [0.2, 0.25) is 0 Å². The third-order valence-electron chi connectivity index (χ3n) is 4.52. The molecule has 1 aliphatic rings. The Hall–Kier alpha value is -1.44. The van der Waals surface area contributed by atoms with Crippen molar-refractivity contribution in [3.63, 3.8) is 0 Å². The van der Waals surface area contributed by atoms with Crippen molar-refractivity contribution >= 4 is 15.9 Å². The average molecular weight is 353 g/mol. The molecule has 0 aromatic heterocycles. The summed E-state index contributed by atoms with van der Waals surface area (Å²) in [5.74, 6) is -0.0389. The molecule has 2 rings (SSSR count). The fraction of sp³-hybridized carbons (Fsp3) is 0.588. The van der Waals surface area contributed by atoms with Crippen LogP contribution in [0, 0.1) is 19.8 Å². The first kappa shape index (κ1) is 18.9. The summed E-state index contributed by atoms with van der Waals surface area (Å²) >= 11 is 0. The van der Waals surface area contributed by atoms with E-state index in [0.717, 1.165) is 11.1 Å². The number of amides is 1. The van der Waals surface area contributed by atoms with E-state index in [1.54, 1.807) is 17.9 Å². The minimum Gasteiger partial charge on any atom is -0.339 e. The van der Waals surface area contributed by atoms with Gasteiger partial charge in [0.05, 0.1) is 10.9 Å². The van der Waals surface area contributed by atoms with Gasteiger partial charge in [0.25, 0.3) is 0 Å². The molecule has 0 radical (unpaired) electrons. The van der Waals surface area contributed by atoms with Gasteiger partial charge < -0.3 is 10.6 Å². The molecule has 0 bridgehead atoms. The van der Waals surface area contributed by atoms with E-state index >= 15 is 0 Å². The summed E-state index contributed by atoms with van der Waals surface area (Å²) in [5, 5.41) is 0. The maximum Gasteiger partial charge on any atom is 0.243 e. The van der Waals surface area contributed by atoms with Gasteiger partial charge in [0.1, 0.15) is 0 Å². The van der Waals surface area contributed by atoms with Crippen LogP contribution in [0.4, 0.5) is 0 Å². The molecule has 1 fully saturated rings. The summed E-state index contributed by atoms with van der Waals surface area (Å²) in [6.07, 6.45) is 0. The Labute approximate surface area is 144 Å². The molecule has 0 saturated carbocycles. The van der Waals surface area contributed by atoms with Crippen molar-refractivity contribution in [2.75, 3.05) is 26.2 Å². The molecule has 1 aliphatic heterocycles. The molecular formula is C17H27N3O3S. The van der Waals surface area contributed by atoms with Gasteiger partial charge in [-0.3, -0.25) is 4.79 Å². The van der Waals surface area contributed by atoms with Gasteiger partial charge in [-0.05, 0) is 37.0 Å². The summed E-state index contributed by atoms with van der Waals surface area (Å²) in [6.45, 7) is 8.84. The zero-order valence-corrected chi connectivity index (χ0v) is 15.6. The standard InChI is InChI=1S/C17H27N3O3S/c1-12(2)16(18)17(21)19-7-9-20(10-8-19)24(22,23)15-11-13(3)5-6-14(15)4/h5-6,11-12,16H,7-10,18H2,1-4H3/t16-/m0/s1. The summed E-state index contributed by atoms with van der Waals surface area (Å²) in [4.78, 5) is 14.3. The van der Waals surface area contributed by atoms with E-state index in [0.29, 0.717) is 31.1 Å². The van der Waals surface area contributed by atoms with Gasteiger partial charge in [0.15, 0.2) is 0 Å². The van der Waals surface area contributed by atoms with E-state index in [9.17, 15) is 13.2 Å². The highest BCUT2D eigenvalue weighted by Gasteiger charge is 2.32. The summed E-state index contributed by atoms with van der Waals surface area (Å²) in [6, 6.07) is 4.89. The Morgan fingerprint density at radius 1 is 1.12 bits per heavy atom. The molecule has 1 saturated heterocycles. The van der Waals surface area contributed by atoms with E-state index in [4.69, 9.17) is 5.73 Å². The average Bonchev–Trinajstić information content (AvgIpc) is 2.55. The van der Waals surface area contributed by atoms with E-state index in [1.807, 2.05) is 32.9 Å². The molecule has 2 N–H and O–H groups in total. The first-order valence-corrected chi connectivity index (χ1v) is 9.70. The third kappa shape index (κ3) is 3.79. The number of hydrogen-bond donors (Lipinski definition) is 1. The number of benzene rings is 1. The highest BCUT2D eigenvalue weighted by atomic mass is 32.2. The quantitative estimate of drug-likeness (QED) is 0.879. The number of rotatable bonds is 4. The van der Waals surface area contributed by atoms with Crippen molar-refractivity contribution in [2.24, 2.45) is 11.7 Å². The van der Waals surface area contributed by atoms with Gasteiger partial charge >= 0.3 is 0 Å². The number of aryl methyl sites for hydroxylation is 2. The molecule has 0 spiro atoms. The second-order valence-corrected chi connectivity index (χ2v) is 8.67. The number of sulfonamides is 1. The third-order valence-corrected chi connectivity index (χ3v) is 6.56. The molecule has 1 atom stereocenters. The molecule has 7 heteroatoms. The number of carbonyl (C=O) groups excluding carboxylic acids is 1. The smallest absolute Gasteiger partial charge is 0.243 e. The zero-order chi connectivity index (χ0) is 18.1. The zero-order valence-electron chi connectivity index (χ0n) is 14.8. The molecule has 1 aromatic rings. The Morgan fingerprint density at radius 2 is 1.71 bits per heavy atom. The lowest BCUT2D eigenvalue weighted by Gasteiger charge is -2.36. The molecule has 24 heavy (non-hydrogen) atoms. The van der Waals surface area contributed by atoms with Crippen molar-refractivity contribution in [3.05, 3.63) is 29.3 Å². The fourth-order valence-electron chi connectivity index (χ4n) is 2.77. The maximum atomic E-state index is 12.9. The first-order valence-electron chi connectivity index (χ1n) is 8.26. The van der Waals surface area contributed by atoms with Crippen molar-refractivity contribution in [3.8, 4) is 0 Å². The van der Waals surface area contributed by atoms with Gasteiger partial charge in [0, 0.05) is 26.2 Å². The number of piperazine rings is 1. The largest absolute Gasteiger partial charge is 0.339 e. The Kier molecular flexibility index (Phi) is 5.67. The Bertz CT molecular complexity index is 708. The lowest BCUT2D eigenvalue weighted by Crippen LogP contribution is -2.55. The van der Waals surface area contributed by atoms with Gasteiger partial charge in [0.2, 0.25) is 15.9 Å². The van der Waals surface area contributed by atoms with E-state index in [-0.39, 0.29) is 11.8 Å². The molecular weight excluding hydrogens is 326 g/mol. The van der Waals surface area contributed by atoms with Crippen LogP contribution in [0.25, 0.3) is 0 Å². The highest BCUT2D eigenvalue weighted by Crippen LogP contribution is 2.22. The van der Waals surface area contributed by atoms with E-state index in [2.05, 4.69) is 0 Å². The summed E-state index contributed by atoms with van der Waals surface area (Å²) < 4.78 is 27.2. The van der Waals surface area contributed by atoms with Crippen LogP contribution in [0.15, 0.2) is 23.1 Å². The maximum absolute atomic E-state index is 12.9. The highest BCUT2D eigenvalue weighted by molar-refractivity contribution is 7.89. The second kappa shape index (κ2) is 7.21.